The second-order valence-electron chi connectivity index (χ2n) is 4.00. The topological polar surface area (TPSA) is 57.6 Å². The molecule has 0 fully saturated rings. The summed E-state index contributed by atoms with van der Waals surface area (Å²) in [6, 6.07) is 1.44. The number of carboxylic acids is 1. The first-order chi connectivity index (χ1) is 9.19. The van der Waals surface area contributed by atoms with Crippen LogP contribution in [0.5, 0.6) is 0 Å². The van der Waals surface area contributed by atoms with Crippen LogP contribution in [0.15, 0.2) is 17.5 Å². The van der Waals surface area contributed by atoms with Crippen molar-refractivity contribution in [3.63, 3.8) is 0 Å². The first-order valence-corrected chi connectivity index (χ1v) is 6.39. The number of rotatable bonds is 5. The Kier molecular flexibility index (Phi) is 5.32. The maximum Gasteiger partial charge on any atom is 0.390 e. The fourth-order valence-electron chi connectivity index (χ4n) is 1.32. The fraction of sp³-hybridized carbons (Fsp3) is 0.333. The Balaban J connectivity index is 2.66. The lowest BCUT2D eigenvalue weighted by molar-refractivity contribution is -0.136. The fourth-order valence-corrected chi connectivity index (χ4v) is 2.10. The highest BCUT2D eigenvalue weighted by Gasteiger charge is 2.28. The lowest BCUT2D eigenvalue weighted by atomic mass is 10.2. The summed E-state index contributed by atoms with van der Waals surface area (Å²) in [6.07, 6.45) is -3.13. The average molecular weight is 307 g/mol. The number of hydrogen-bond acceptors (Lipinski definition) is 3. The van der Waals surface area contributed by atoms with Gasteiger partial charge in [0, 0.05) is 29.9 Å². The third kappa shape index (κ3) is 5.43. The van der Waals surface area contributed by atoms with E-state index >= 15 is 0 Å². The Labute approximate surface area is 117 Å². The van der Waals surface area contributed by atoms with Crippen LogP contribution in [-0.4, -0.2) is 41.7 Å². The number of amides is 1. The second-order valence-corrected chi connectivity index (χ2v) is 4.94. The molecule has 1 heterocycles. The second kappa shape index (κ2) is 6.56. The minimum absolute atomic E-state index is 0.240. The van der Waals surface area contributed by atoms with Gasteiger partial charge in [-0.15, -0.1) is 11.3 Å². The maximum absolute atomic E-state index is 12.1. The first kappa shape index (κ1) is 16.2. The van der Waals surface area contributed by atoms with Crippen LogP contribution in [0.25, 0.3) is 6.08 Å². The molecule has 1 rings (SSSR count). The number of nitrogens with zero attached hydrogens (tertiary/aromatic N) is 1. The molecule has 1 aromatic heterocycles. The summed E-state index contributed by atoms with van der Waals surface area (Å²) >= 11 is 1.14. The molecule has 110 valence electrons. The highest BCUT2D eigenvalue weighted by molar-refractivity contribution is 7.11. The molecule has 0 unspecified atom stereocenters. The van der Waals surface area contributed by atoms with E-state index in [4.69, 9.17) is 5.11 Å². The third-order valence-corrected chi connectivity index (χ3v) is 3.23. The van der Waals surface area contributed by atoms with Crippen molar-refractivity contribution in [3.8, 4) is 0 Å². The molecule has 0 aliphatic rings. The summed E-state index contributed by atoms with van der Waals surface area (Å²) in [5.41, 5.74) is 0.240. The van der Waals surface area contributed by atoms with Crippen LogP contribution in [0.1, 0.15) is 21.7 Å². The van der Waals surface area contributed by atoms with E-state index in [-0.39, 0.29) is 5.56 Å². The lowest BCUT2D eigenvalue weighted by Gasteiger charge is -2.17. The lowest BCUT2D eigenvalue weighted by Crippen LogP contribution is -2.30. The summed E-state index contributed by atoms with van der Waals surface area (Å²) in [7, 11) is 1.29. The van der Waals surface area contributed by atoms with Crippen LogP contribution in [0.4, 0.5) is 13.2 Å². The average Bonchev–Trinajstić information content (AvgIpc) is 2.80. The summed E-state index contributed by atoms with van der Waals surface area (Å²) in [6.45, 7) is -0.418. The van der Waals surface area contributed by atoms with E-state index in [9.17, 15) is 22.8 Å². The summed E-state index contributed by atoms with van der Waals surface area (Å²) in [5, 5.41) is 9.94. The van der Waals surface area contributed by atoms with Crippen molar-refractivity contribution < 1.29 is 27.9 Å². The van der Waals surface area contributed by atoms with E-state index in [1.165, 1.54) is 24.6 Å². The van der Waals surface area contributed by atoms with Gasteiger partial charge in [-0.25, -0.2) is 4.79 Å². The Hall–Kier alpha value is -1.83. The van der Waals surface area contributed by atoms with Gasteiger partial charge in [0.25, 0.3) is 5.91 Å². The number of thiophene rings is 1. The monoisotopic (exact) mass is 307 g/mol. The summed E-state index contributed by atoms with van der Waals surface area (Å²) < 4.78 is 36.2. The van der Waals surface area contributed by atoms with E-state index < -0.39 is 31.0 Å². The van der Waals surface area contributed by atoms with Crippen molar-refractivity contribution in [1.29, 1.82) is 0 Å². The van der Waals surface area contributed by atoms with Crippen LogP contribution in [0, 0.1) is 0 Å². The predicted molar refractivity (Wildman–Crippen MR) is 68.6 cm³/mol. The van der Waals surface area contributed by atoms with Crippen molar-refractivity contribution in [2.24, 2.45) is 0 Å². The van der Waals surface area contributed by atoms with E-state index in [0.717, 1.165) is 22.3 Å². The van der Waals surface area contributed by atoms with Gasteiger partial charge in [-0.2, -0.15) is 13.2 Å². The molecule has 0 spiro atoms. The van der Waals surface area contributed by atoms with Gasteiger partial charge in [0.2, 0.25) is 0 Å². The molecule has 0 bridgehead atoms. The Morgan fingerprint density at radius 2 is 2.10 bits per heavy atom. The highest BCUT2D eigenvalue weighted by Crippen LogP contribution is 2.21. The Morgan fingerprint density at radius 3 is 2.65 bits per heavy atom. The van der Waals surface area contributed by atoms with Crippen LogP contribution in [0.2, 0.25) is 0 Å². The number of hydrogen-bond donors (Lipinski definition) is 1. The van der Waals surface area contributed by atoms with Crippen molar-refractivity contribution in [2.45, 2.75) is 12.6 Å². The van der Waals surface area contributed by atoms with Gasteiger partial charge in [-0.05, 0) is 12.1 Å². The van der Waals surface area contributed by atoms with Crippen LogP contribution in [0.3, 0.4) is 0 Å². The predicted octanol–water partition coefficient (Wildman–Crippen LogP) is 2.87. The number of alkyl halides is 3. The molecule has 0 aromatic carbocycles. The van der Waals surface area contributed by atoms with Crippen LogP contribution < -0.4 is 0 Å². The highest BCUT2D eigenvalue weighted by atomic mass is 32.1. The van der Waals surface area contributed by atoms with Crippen molar-refractivity contribution >= 4 is 29.3 Å². The molecule has 4 nitrogen and oxygen atoms in total. The molecule has 0 saturated heterocycles. The summed E-state index contributed by atoms with van der Waals surface area (Å²) in [5.74, 6) is -1.64. The third-order valence-electron chi connectivity index (χ3n) is 2.33. The zero-order chi connectivity index (χ0) is 15.3. The molecule has 20 heavy (non-hydrogen) atoms. The van der Waals surface area contributed by atoms with Gasteiger partial charge >= 0.3 is 12.1 Å². The van der Waals surface area contributed by atoms with Crippen molar-refractivity contribution in [1.82, 2.24) is 4.90 Å². The molecule has 1 amide bonds. The molecule has 0 atom stereocenters. The number of carbonyl (C=O) groups is 2. The zero-order valence-electron chi connectivity index (χ0n) is 10.5. The van der Waals surface area contributed by atoms with Gasteiger partial charge in [-0.3, -0.25) is 4.79 Å². The number of carboxylic acid groups (broad SMARTS) is 1. The van der Waals surface area contributed by atoms with E-state index in [0.29, 0.717) is 4.88 Å². The van der Waals surface area contributed by atoms with Crippen molar-refractivity contribution in [3.05, 3.63) is 28.0 Å². The molecular formula is C12H12F3NO3S. The molecule has 0 aliphatic heterocycles. The largest absolute Gasteiger partial charge is 0.478 e. The minimum Gasteiger partial charge on any atom is -0.478 e. The maximum atomic E-state index is 12.1. The van der Waals surface area contributed by atoms with Gasteiger partial charge in [0.1, 0.15) is 0 Å². The number of aliphatic carboxylic acids is 1. The van der Waals surface area contributed by atoms with E-state index in [1.54, 1.807) is 0 Å². The standard InChI is InChI=1S/C12H12F3NO3S/c1-16(5-4-12(13,14)15)11(19)8-6-9(20-7-8)2-3-10(17)18/h2-3,6-7H,4-5H2,1H3,(H,17,18). The van der Waals surface area contributed by atoms with Gasteiger partial charge in [-0.1, -0.05) is 0 Å². The molecule has 0 aliphatic carbocycles. The molecule has 1 N–H and O–H groups in total. The molecule has 8 heteroatoms. The smallest absolute Gasteiger partial charge is 0.390 e. The minimum atomic E-state index is -4.31. The van der Waals surface area contributed by atoms with E-state index in [2.05, 4.69) is 0 Å². The molecular weight excluding hydrogens is 295 g/mol. The summed E-state index contributed by atoms with van der Waals surface area (Å²) in [4.78, 5) is 23.7. The SMILES string of the molecule is CN(CCC(F)(F)F)C(=O)c1csc(C=CC(=O)O)c1. The van der Waals surface area contributed by atoms with Crippen LogP contribution in [-0.2, 0) is 4.79 Å². The molecule has 0 radical (unpaired) electrons. The Bertz CT molecular complexity index is 522. The normalized spacial score (nSPS) is 11.8. The number of halogens is 3. The van der Waals surface area contributed by atoms with Crippen molar-refractivity contribution in [2.75, 3.05) is 13.6 Å². The molecule has 1 aromatic rings. The van der Waals surface area contributed by atoms with Gasteiger partial charge < -0.3 is 10.0 Å². The molecule has 0 saturated carbocycles. The quantitative estimate of drug-likeness (QED) is 0.851. The van der Waals surface area contributed by atoms with Gasteiger partial charge in [0.05, 0.1) is 12.0 Å². The number of carbonyl (C=O) groups excluding carboxylic acids is 1. The Morgan fingerprint density at radius 1 is 1.45 bits per heavy atom. The van der Waals surface area contributed by atoms with E-state index in [1.807, 2.05) is 0 Å². The van der Waals surface area contributed by atoms with Gasteiger partial charge in [0.15, 0.2) is 0 Å². The first-order valence-electron chi connectivity index (χ1n) is 5.51. The zero-order valence-corrected chi connectivity index (χ0v) is 11.3. The van der Waals surface area contributed by atoms with Crippen LogP contribution >= 0.6 is 11.3 Å².